The molecule has 4 N–H and O–H groups in total. The number of piperidine rings is 1. The van der Waals surface area contributed by atoms with Crippen LogP contribution in [0, 0.1) is 5.82 Å². The zero-order valence-corrected chi connectivity index (χ0v) is 40.1. The number of halogens is 3. The van der Waals surface area contributed by atoms with E-state index in [0.717, 1.165) is 28.7 Å². The first-order chi connectivity index (χ1) is 34.7. The lowest BCUT2D eigenvalue weighted by atomic mass is 10.0. The number of nitrogens with zero attached hydrogens (tertiary/aromatic N) is 6. The number of anilines is 5. The van der Waals surface area contributed by atoms with Crippen LogP contribution in [0.4, 0.5) is 42.0 Å². The van der Waals surface area contributed by atoms with Crippen LogP contribution < -0.4 is 35.8 Å². The first-order valence-corrected chi connectivity index (χ1v) is 24.1. The summed E-state index contributed by atoms with van der Waals surface area (Å²) in [5.41, 5.74) is 0.842. The lowest BCUT2D eigenvalue weighted by Gasteiger charge is -2.31. The number of aromatic nitrogens is 2. The molecule has 0 spiro atoms. The molecule has 3 fully saturated rings. The van der Waals surface area contributed by atoms with Gasteiger partial charge in [-0.05, 0) is 43.9 Å². The first-order valence-electron chi connectivity index (χ1n) is 24.1. The van der Waals surface area contributed by atoms with Crippen LogP contribution >= 0.6 is 0 Å². The minimum atomic E-state index is -3.64. The number of hydrogen-bond donors (Lipinski definition) is 4. The zero-order valence-electron chi connectivity index (χ0n) is 40.1. The van der Waals surface area contributed by atoms with Gasteiger partial charge < -0.3 is 49.4 Å². The van der Waals surface area contributed by atoms with Crippen molar-refractivity contribution < 1.29 is 65.6 Å². The van der Waals surface area contributed by atoms with E-state index in [1.54, 1.807) is 12.1 Å². The molecule has 0 bridgehead atoms. The third-order valence-corrected chi connectivity index (χ3v) is 13.2. The fraction of sp³-hybridized carbons (Fsp3) is 0.542. The van der Waals surface area contributed by atoms with E-state index in [2.05, 4.69) is 36.1 Å². The quantitative estimate of drug-likeness (QED) is 0.0789. The van der Waals surface area contributed by atoms with E-state index in [-0.39, 0.29) is 70.5 Å². The van der Waals surface area contributed by atoms with Crippen molar-refractivity contribution in [2.75, 3.05) is 120 Å². The van der Waals surface area contributed by atoms with Gasteiger partial charge in [-0.2, -0.15) is 13.8 Å². The summed E-state index contributed by atoms with van der Waals surface area (Å²) in [6, 6.07) is 5.72. The largest absolute Gasteiger partial charge is 0.495 e. The number of fused-ring (bicyclic) bond motifs is 2. The number of imide groups is 2. The number of ether oxygens (including phenoxy) is 5. The van der Waals surface area contributed by atoms with Crippen LogP contribution in [0.3, 0.4) is 0 Å². The maximum Gasteiger partial charge on any atom is 0.342 e. The molecule has 24 heteroatoms. The minimum absolute atomic E-state index is 0.0331. The van der Waals surface area contributed by atoms with Crippen molar-refractivity contribution in [1.29, 1.82) is 0 Å². The summed E-state index contributed by atoms with van der Waals surface area (Å²) in [4.78, 5) is 90.4. The number of methoxy groups -OCH3 is 1. The van der Waals surface area contributed by atoms with Gasteiger partial charge in [0.1, 0.15) is 23.3 Å². The second-order valence-electron chi connectivity index (χ2n) is 18.0. The number of carbonyl (C=O) groups is 6. The Morgan fingerprint density at radius 2 is 1.60 bits per heavy atom. The van der Waals surface area contributed by atoms with Crippen LogP contribution in [0.5, 0.6) is 5.75 Å². The Kier molecular flexibility index (Phi) is 16.8. The molecule has 388 valence electrons. The van der Waals surface area contributed by atoms with Crippen molar-refractivity contribution >= 4 is 64.3 Å². The highest BCUT2D eigenvalue weighted by molar-refractivity contribution is 6.25. The number of nitrogens with one attached hydrogen (secondary N) is 4. The molecule has 21 nitrogen and oxygen atoms in total. The average molecular weight is 1010 g/mol. The highest BCUT2D eigenvalue weighted by Gasteiger charge is 2.49. The SMILES string of the molecule is COc1cc(C(=O)NC2CCN(CCOCCOCCOCCOCCNc3cccc4c3C(=O)N(C3CCC(=O)NC3=O)C4=O)C2)c(F)cc1Nc1ncc2c(n1)N(C1CCCC1)CC(F)(F)C(=O)N2C. The van der Waals surface area contributed by atoms with Gasteiger partial charge in [-0.15, -0.1) is 0 Å². The molecule has 2 saturated heterocycles. The van der Waals surface area contributed by atoms with E-state index < -0.39 is 59.8 Å². The summed E-state index contributed by atoms with van der Waals surface area (Å²) in [5.74, 6) is -8.43. The minimum Gasteiger partial charge on any atom is -0.495 e. The molecule has 72 heavy (non-hydrogen) atoms. The Hall–Kier alpha value is -6.47. The molecule has 1 aromatic heterocycles. The molecule has 5 heterocycles. The molecule has 1 aliphatic carbocycles. The summed E-state index contributed by atoms with van der Waals surface area (Å²) < 4.78 is 73.7. The number of hydrogen-bond acceptors (Lipinski definition) is 17. The van der Waals surface area contributed by atoms with Gasteiger partial charge in [-0.3, -0.25) is 43.9 Å². The normalized spacial score (nSPS) is 20.2. The summed E-state index contributed by atoms with van der Waals surface area (Å²) in [6.45, 7) is 4.29. The van der Waals surface area contributed by atoms with E-state index in [1.165, 1.54) is 37.4 Å². The number of rotatable bonds is 23. The number of alkyl halides is 2. The Labute approximate surface area is 413 Å². The Bertz CT molecular complexity index is 2520. The van der Waals surface area contributed by atoms with Gasteiger partial charge in [-0.1, -0.05) is 18.9 Å². The molecular weight excluding hydrogens is 950 g/mol. The summed E-state index contributed by atoms with van der Waals surface area (Å²) in [7, 11) is 2.62. The fourth-order valence-corrected chi connectivity index (χ4v) is 9.51. The van der Waals surface area contributed by atoms with Crippen molar-refractivity contribution in [2.24, 2.45) is 0 Å². The van der Waals surface area contributed by atoms with Gasteiger partial charge in [0.2, 0.25) is 17.8 Å². The number of likely N-dealkylation sites (tertiary alicyclic amines) is 1. The smallest absolute Gasteiger partial charge is 0.342 e. The molecule has 1 saturated carbocycles. The fourth-order valence-electron chi connectivity index (χ4n) is 9.51. The van der Waals surface area contributed by atoms with Crippen LogP contribution in [0.15, 0.2) is 36.5 Å². The van der Waals surface area contributed by atoms with Gasteiger partial charge in [0.15, 0.2) is 5.82 Å². The maximum absolute atomic E-state index is 15.6. The summed E-state index contributed by atoms with van der Waals surface area (Å²) in [6.07, 6.45) is 5.15. The maximum atomic E-state index is 15.6. The molecular formula is C48H59F3N10O11. The average Bonchev–Trinajstić information content (AvgIpc) is 4.11. The third kappa shape index (κ3) is 11.9. The van der Waals surface area contributed by atoms with Crippen molar-refractivity contribution in [2.45, 2.75) is 69.0 Å². The van der Waals surface area contributed by atoms with Crippen LogP contribution in [-0.2, 0) is 33.3 Å². The lowest BCUT2D eigenvalue weighted by Crippen LogP contribution is -2.54. The number of amides is 6. The molecule has 6 amide bonds. The predicted molar refractivity (Wildman–Crippen MR) is 253 cm³/mol. The highest BCUT2D eigenvalue weighted by Crippen LogP contribution is 2.40. The molecule has 5 aliphatic rings. The topological polar surface area (TPSA) is 235 Å². The van der Waals surface area contributed by atoms with E-state index in [9.17, 15) is 28.8 Å². The van der Waals surface area contributed by atoms with Gasteiger partial charge in [0.25, 0.3) is 23.6 Å². The van der Waals surface area contributed by atoms with Crippen molar-refractivity contribution in [3.63, 3.8) is 0 Å². The summed E-state index contributed by atoms with van der Waals surface area (Å²) in [5, 5.41) is 11.1. The lowest BCUT2D eigenvalue weighted by molar-refractivity contribution is -0.140. The first kappa shape index (κ1) is 51.9. The van der Waals surface area contributed by atoms with Gasteiger partial charge in [-0.25, -0.2) is 9.37 Å². The molecule has 0 radical (unpaired) electrons. The molecule has 4 aliphatic heterocycles. The molecule has 8 rings (SSSR count). The van der Waals surface area contributed by atoms with Crippen LogP contribution in [0.2, 0.25) is 0 Å². The van der Waals surface area contributed by atoms with Crippen LogP contribution in [0.25, 0.3) is 0 Å². The third-order valence-electron chi connectivity index (χ3n) is 13.2. The van der Waals surface area contributed by atoms with Crippen LogP contribution in [0.1, 0.15) is 76.0 Å². The second kappa shape index (κ2) is 23.4. The monoisotopic (exact) mass is 1010 g/mol. The Morgan fingerprint density at radius 3 is 2.31 bits per heavy atom. The van der Waals surface area contributed by atoms with Crippen molar-refractivity contribution in [3.8, 4) is 5.75 Å². The Morgan fingerprint density at radius 1 is 0.889 bits per heavy atom. The number of carbonyl (C=O) groups excluding carboxylic acids is 6. The molecule has 2 aromatic carbocycles. The van der Waals surface area contributed by atoms with Crippen molar-refractivity contribution in [3.05, 3.63) is 59.0 Å². The van der Waals surface area contributed by atoms with E-state index in [0.29, 0.717) is 104 Å². The zero-order chi connectivity index (χ0) is 50.9. The molecule has 2 unspecified atom stereocenters. The standard InChI is InChI=1S/C48H59F3N10O11/c1-58-37-26-53-47(57-41(37)60(30-6-3-4-7-30)28-48(50,51)46(58)67)55-35-25-33(49)32(24-38(35)68-2)42(63)54-29-12-14-59(27-29)15-17-70-19-21-72-23-22-71-20-18-69-16-13-52-34-9-5-8-31-40(34)45(66)61(44(31)65)36-10-11-39(62)56-43(36)64/h5,8-9,24-26,29-30,36,52H,3-4,6-7,10-23,27-28H2,1-2H3,(H,54,63)(H,53,55,57)(H,56,62,64). The summed E-state index contributed by atoms with van der Waals surface area (Å²) >= 11 is 0. The highest BCUT2D eigenvalue weighted by atomic mass is 19.3. The van der Waals surface area contributed by atoms with Gasteiger partial charge in [0, 0.05) is 63.5 Å². The van der Waals surface area contributed by atoms with Gasteiger partial charge in [0.05, 0.1) is 95.1 Å². The van der Waals surface area contributed by atoms with Crippen LogP contribution in [-0.4, -0.2) is 179 Å². The number of benzene rings is 2. The van der Waals surface area contributed by atoms with E-state index in [4.69, 9.17) is 23.7 Å². The Balaban J connectivity index is 0.680. The second-order valence-corrected chi connectivity index (χ2v) is 18.0. The molecule has 3 aromatic rings. The predicted octanol–water partition coefficient (Wildman–Crippen LogP) is 3.11. The van der Waals surface area contributed by atoms with E-state index in [1.807, 2.05) is 0 Å². The molecule has 2 atom stereocenters. The van der Waals surface area contributed by atoms with Gasteiger partial charge >= 0.3 is 5.92 Å². The van der Waals surface area contributed by atoms with E-state index >= 15 is 13.2 Å². The van der Waals surface area contributed by atoms with Crippen molar-refractivity contribution in [1.82, 2.24) is 30.4 Å².